The van der Waals surface area contributed by atoms with Crippen LogP contribution in [-0.2, 0) is 11.2 Å². The van der Waals surface area contributed by atoms with E-state index in [1.165, 1.54) is 24.8 Å². The zero-order valence-corrected chi connectivity index (χ0v) is 11.4. The summed E-state index contributed by atoms with van der Waals surface area (Å²) in [6, 6.07) is 9.20. The van der Waals surface area contributed by atoms with E-state index >= 15 is 0 Å². The normalized spacial score (nSPS) is 20.4. The average molecular weight is 247 g/mol. The Balaban J connectivity index is 1.90. The van der Waals surface area contributed by atoms with Gasteiger partial charge in [0.15, 0.2) is 0 Å². The first-order valence-electron chi connectivity index (χ1n) is 7.13. The van der Waals surface area contributed by atoms with Gasteiger partial charge in [-0.2, -0.15) is 0 Å². The smallest absolute Gasteiger partial charge is 0.0462 e. The zero-order chi connectivity index (χ0) is 12.8. The first kappa shape index (κ1) is 13.6. The third kappa shape index (κ3) is 3.56. The Labute approximate surface area is 111 Å². The number of ether oxygens (including phenoxy) is 1. The summed E-state index contributed by atoms with van der Waals surface area (Å²) in [5, 5.41) is 0. The minimum absolute atomic E-state index is 0.316. The van der Waals surface area contributed by atoms with Gasteiger partial charge >= 0.3 is 0 Å². The summed E-state index contributed by atoms with van der Waals surface area (Å²) in [6.45, 7) is 0.828. The Hall–Kier alpha value is -0.860. The zero-order valence-electron chi connectivity index (χ0n) is 11.4. The van der Waals surface area contributed by atoms with Gasteiger partial charge in [-0.25, -0.2) is 0 Å². The maximum atomic E-state index is 6.25. The van der Waals surface area contributed by atoms with E-state index in [-0.39, 0.29) is 0 Å². The molecule has 100 valence electrons. The third-order valence-corrected chi connectivity index (χ3v) is 4.00. The number of aryl methyl sites for hydroxylation is 1. The molecule has 0 saturated heterocycles. The van der Waals surface area contributed by atoms with E-state index in [1.807, 2.05) is 0 Å². The number of benzene rings is 1. The van der Waals surface area contributed by atoms with Crippen LogP contribution in [-0.4, -0.2) is 19.8 Å². The number of hydrogen-bond donors (Lipinski definition) is 1. The lowest BCUT2D eigenvalue weighted by Crippen LogP contribution is -2.25. The molecule has 0 bridgehead atoms. The second kappa shape index (κ2) is 6.91. The van der Waals surface area contributed by atoms with Gasteiger partial charge in [0.25, 0.3) is 0 Å². The second-order valence-electron chi connectivity index (χ2n) is 5.42. The number of fused-ring (bicyclic) bond motifs is 1. The molecule has 0 aromatic heterocycles. The van der Waals surface area contributed by atoms with E-state index in [9.17, 15) is 0 Å². The van der Waals surface area contributed by atoms with Crippen LogP contribution in [0.5, 0.6) is 0 Å². The average Bonchev–Trinajstić information content (AvgIpc) is 2.39. The molecule has 2 N–H and O–H groups in total. The number of rotatable bonds is 6. The summed E-state index contributed by atoms with van der Waals surface area (Å²) in [5.74, 6) is 0.674. The fourth-order valence-corrected chi connectivity index (χ4v) is 3.07. The van der Waals surface area contributed by atoms with Gasteiger partial charge in [0.2, 0.25) is 0 Å². The summed E-state index contributed by atoms with van der Waals surface area (Å²) in [4.78, 5) is 0. The molecule has 0 heterocycles. The predicted molar refractivity (Wildman–Crippen MR) is 75.8 cm³/mol. The van der Waals surface area contributed by atoms with Gasteiger partial charge in [-0.1, -0.05) is 24.3 Å². The molecule has 0 amide bonds. The van der Waals surface area contributed by atoms with Crippen LogP contribution in [0.15, 0.2) is 24.3 Å². The van der Waals surface area contributed by atoms with Gasteiger partial charge in [-0.05, 0) is 55.6 Å². The third-order valence-electron chi connectivity index (χ3n) is 4.00. The number of nitrogens with two attached hydrogens (primary N) is 1. The van der Waals surface area contributed by atoms with Crippen LogP contribution < -0.4 is 5.73 Å². The van der Waals surface area contributed by atoms with Gasteiger partial charge < -0.3 is 10.5 Å². The van der Waals surface area contributed by atoms with E-state index in [0.29, 0.717) is 12.0 Å². The first-order chi connectivity index (χ1) is 8.81. The van der Waals surface area contributed by atoms with Gasteiger partial charge in [0.1, 0.15) is 0 Å². The molecule has 0 saturated carbocycles. The Morgan fingerprint density at radius 3 is 3.06 bits per heavy atom. The summed E-state index contributed by atoms with van der Waals surface area (Å²) in [5.41, 5.74) is 9.33. The highest BCUT2D eigenvalue weighted by molar-refractivity contribution is 5.32. The van der Waals surface area contributed by atoms with Crippen LogP contribution in [0.25, 0.3) is 0 Å². The summed E-state index contributed by atoms with van der Waals surface area (Å²) < 4.78 is 5.08. The maximum Gasteiger partial charge on any atom is 0.0462 e. The largest absolute Gasteiger partial charge is 0.385 e. The van der Waals surface area contributed by atoms with Crippen molar-refractivity contribution in [2.24, 2.45) is 5.73 Å². The van der Waals surface area contributed by atoms with Crippen molar-refractivity contribution in [2.45, 2.75) is 50.5 Å². The first-order valence-corrected chi connectivity index (χ1v) is 7.13. The van der Waals surface area contributed by atoms with Crippen LogP contribution in [0.4, 0.5) is 0 Å². The highest BCUT2D eigenvalue weighted by Crippen LogP contribution is 2.34. The number of hydrogen-bond acceptors (Lipinski definition) is 2. The summed E-state index contributed by atoms with van der Waals surface area (Å²) >= 11 is 0. The summed E-state index contributed by atoms with van der Waals surface area (Å²) in [7, 11) is 1.75. The Bertz CT molecular complexity index is 364. The van der Waals surface area contributed by atoms with Crippen molar-refractivity contribution < 1.29 is 4.74 Å². The van der Waals surface area contributed by atoms with Crippen molar-refractivity contribution in [1.29, 1.82) is 0 Å². The molecular weight excluding hydrogens is 222 g/mol. The minimum atomic E-state index is 0.316. The molecule has 1 aliphatic carbocycles. The fourth-order valence-electron chi connectivity index (χ4n) is 3.07. The molecule has 1 aromatic rings. The van der Waals surface area contributed by atoms with Crippen LogP contribution >= 0.6 is 0 Å². The lowest BCUT2D eigenvalue weighted by Gasteiger charge is -2.27. The Morgan fingerprint density at radius 2 is 2.22 bits per heavy atom. The van der Waals surface area contributed by atoms with Crippen molar-refractivity contribution >= 4 is 0 Å². The molecular formula is C16H25NO. The van der Waals surface area contributed by atoms with E-state index in [0.717, 1.165) is 25.9 Å². The minimum Gasteiger partial charge on any atom is -0.385 e. The highest BCUT2D eigenvalue weighted by Gasteiger charge is 2.21. The van der Waals surface area contributed by atoms with E-state index in [1.54, 1.807) is 12.7 Å². The van der Waals surface area contributed by atoms with E-state index in [4.69, 9.17) is 10.5 Å². The van der Waals surface area contributed by atoms with Crippen molar-refractivity contribution in [3.63, 3.8) is 0 Å². The highest BCUT2D eigenvalue weighted by atomic mass is 16.5. The molecule has 0 radical (unpaired) electrons. The van der Waals surface area contributed by atoms with Gasteiger partial charge in [0, 0.05) is 19.8 Å². The van der Waals surface area contributed by atoms with Gasteiger partial charge in [-0.15, -0.1) is 0 Å². The molecule has 2 nitrogen and oxygen atoms in total. The lowest BCUT2D eigenvalue weighted by atomic mass is 9.79. The predicted octanol–water partition coefficient (Wildman–Crippen LogP) is 3.25. The van der Waals surface area contributed by atoms with Crippen molar-refractivity contribution in [2.75, 3.05) is 13.7 Å². The van der Waals surface area contributed by atoms with Crippen molar-refractivity contribution in [3.05, 3.63) is 35.4 Å². The van der Waals surface area contributed by atoms with Crippen LogP contribution in [0, 0.1) is 0 Å². The van der Waals surface area contributed by atoms with Crippen molar-refractivity contribution in [1.82, 2.24) is 0 Å². The van der Waals surface area contributed by atoms with Crippen LogP contribution in [0.1, 0.15) is 49.1 Å². The molecule has 2 heteroatoms. The van der Waals surface area contributed by atoms with Gasteiger partial charge in [-0.3, -0.25) is 0 Å². The SMILES string of the molecule is COCCCC(N)CC1CCCc2ccccc21. The van der Waals surface area contributed by atoms with Crippen LogP contribution in [0.2, 0.25) is 0 Å². The van der Waals surface area contributed by atoms with Gasteiger partial charge in [0.05, 0.1) is 0 Å². The quantitative estimate of drug-likeness (QED) is 0.783. The molecule has 0 fully saturated rings. The molecule has 2 rings (SSSR count). The topological polar surface area (TPSA) is 35.2 Å². The van der Waals surface area contributed by atoms with Crippen molar-refractivity contribution in [3.8, 4) is 0 Å². The fraction of sp³-hybridized carbons (Fsp3) is 0.625. The van der Waals surface area contributed by atoms with E-state index < -0.39 is 0 Å². The lowest BCUT2D eigenvalue weighted by molar-refractivity contribution is 0.189. The monoisotopic (exact) mass is 247 g/mol. The molecule has 2 unspecified atom stereocenters. The molecule has 1 aliphatic rings. The number of methoxy groups -OCH3 is 1. The molecule has 2 atom stereocenters. The summed E-state index contributed by atoms with van der Waals surface area (Å²) in [6.07, 6.45) is 7.13. The van der Waals surface area contributed by atoms with Crippen LogP contribution in [0.3, 0.4) is 0 Å². The maximum absolute atomic E-state index is 6.25. The molecule has 18 heavy (non-hydrogen) atoms. The second-order valence-corrected chi connectivity index (χ2v) is 5.42. The molecule has 1 aromatic carbocycles. The van der Waals surface area contributed by atoms with E-state index in [2.05, 4.69) is 24.3 Å². The Morgan fingerprint density at radius 1 is 1.39 bits per heavy atom. The Kier molecular flexibility index (Phi) is 5.21. The standard InChI is InChI=1S/C16H25NO/c1-18-11-5-9-15(17)12-14-8-4-7-13-6-2-3-10-16(13)14/h2-3,6,10,14-15H,4-5,7-9,11-12,17H2,1H3. The molecule has 0 spiro atoms. The molecule has 0 aliphatic heterocycles.